The van der Waals surface area contributed by atoms with Crippen molar-refractivity contribution >= 4 is 19.5 Å². The highest BCUT2D eigenvalue weighted by Crippen LogP contribution is 2.23. The maximum Gasteiger partial charge on any atom is 0.269 e. The van der Waals surface area contributed by atoms with Gasteiger partial charge < -0.3 is 4.74 Å². The van der Waals surface area contributed by atoms with E-state index in [0.717, 1.165) is 11.1 Å². The highest BCUT2D eigenvalue weighted by Gasteiger charge is 2.11. The lowest BCUT2D eigenvalue weighted by atomic mass is 10.0. The molecule has 5 nitrogen and oxygen atoms in total. The third kappa shape index (κ3) is 3.64. The van der Waals surface area contributed by atoms with Gasteiger partial charge in [-0.3, -0.25) is 14.7 Å². The van der Waals surface area contributed by atoms with Crippen LogP contribution < -0.4 is 10.0 Å². The number of non-ortho nitro benzene ring substituents is 1. The third-order valence-electron chi connectivity index (χ3n) is 3.00. The first-order valence-corrected chi connectivity index (χ1v) is 7.28. The first-order chi connectivity index (χ1) is 10.2. The highest BCUT2D eigenvalue weighted by atomic mass is 31.1. The summed E-state index contributed by atoms with van der Waals surface area (Å²) in [7, 11) is -0.0859. The molecule has 0 spiro atoms. The summed E-state index contributed by atoms with van der Waals surface area (Å²) in [5, 5.41) is 11.3. The van der Waals surface area contributed by atoms with Crippen molar-refractivity contribution < 1.29 is 14.2 Å². The lowest BCUT2D eigenvalue weighted by molar-refractivity contribution is -0.384. The van der Waals surface area contributed by atoms with Crippen molar-refractivity contribution in [3.05, 3.63) is 63.7 Å². The van der Waals surface area contributed by atoms with Crippen molar-refractivity contribution in [2.45, 2.75) is 13.3 Å². The van der Waals surface area contributed by atoms with Gasteiger partial charge in [0.2, 0.25) is 0 Å². The van der Waals surface area contributed by atoms with Crippen LogP contribution in [-0.4, -0.2) is 11.5 Å². The van der Waals surface area contributed by atoms with E-state index in [1.807, 2.05) is 19.1 Å². The normalized spacial score (nSPS) is 10.5. The number of hydrogen-bond acceptors (Lipinski definition) is 4. The summed E-state index contributed by atoms with van der Waals surface area (Å²) in [6, 6.07) is 11.9. The second kappa shape index (κ2) is 6.95. The summed E-state index contributed by atoms with van der Waals surface area (Å²) in [6.07, 6.45) is 0.566. The number of hydrogen-bond donors (Lipinski definition) is 0. The van der Waals surface area contributed by atoms with Gasteiger partial charge in [0.15, 0.2) is 8.46 Å². The number of nitro groups is 1. The van der Waals surface area contributed by atoms with E-state index in [1.165, 1.54) is 12.1 Å². The fraction of sp³-hybridized carbons (Fsp3) is 0.200. The molecule has 0 aliphatic heterocycles. The molecule has 21 heavy (non-hydrogen) atoms. The van der Waals surface area contributed by atoms with E-state index >= 15 is 0 Å². The molecule has 0 atom stereocenters. The van der Waals surface area contributed by atoms with Crippen molar-refractivity contribution in [3.8, 4) is 5.75 Å². The van der Waals surface area contributed by atoms with Crippen LogP contribution in [0.15, 0.2) is 42.5 Å². The van der Waals surface area contributed by atoms with E-state index in [-0.39, 0.29) is 14.1 Å². The molecule has 0 aromatic heterocycles. The predicted molar refractivity (Wildman–Crippen MR) is 80.8 cm³/mol. The van der Waals surface area contributed by atoms with Crippen LogP contribution in [0.5, 0.6) is 5.75 Å². The third-order valence-corrected chi connectivity index (χ3v) is 3.55. The Hall–Kier alpha value is -2.26. The van der Waals surface area contributed by atoms with Gasteiger partial charge in [0.1, 0.15) is 5.75 Å². The standard InChI is InChI=1S/C15H14NO4P/c1-2-20-15-12(4-3-5-14(15)21-19)10-11-6-8-13(9-7-11)16(17)18/h3-9H,2,10H2,1H3. The zero-order valence-electron chi connectivity index (χ0n) is 11.5. The monoisotopic (exact) mass is 303 g/mol. The molecule has 108 valence electrons. The zero-order valence-corrected chi connectivity index (χ0v) is 12.4. The predicted octanol–water partition coefficient (Wildman–Crippen LogP) is 3.50. The van der Waals surface area contributed by atoms with Crippen LogP contribution in [0.3, 0.4) is 0 Å². The summed E-state index contributed by atoms with van der Waals surface area (Å²) in [5.41, 5.74) is 1.91. The number of rotatable bonds is 6. The molecule has 2 rings (SSSR count). The van der Waals surface area contributed by atoms with Gasteiger partial charge in [-0.25, -0.2) is 0 Å². The molecule has 0 heterocycles. The van der Waals surface area contributed by atoms with E-state index in [0.29, 0.717) is 24.1 Å². The van der Waals surface area contributed by atoms with Crippen molar-refractivity contribution in [2.24, 2.45) is 0 Å². The van der Waals surface area contributed by atoms with Gasteiger partial charge in [0, 0.05) is 18.6 Å². The molecule has 0 aliphatic rings. The zero-order chi connectivity index (χ0) is 15.2. The molecule has 0 radical (unpaired) electrons. The van der Waals surface area contributed by atoms with E-state index in [2.05, 4.69) is 0 Å². The highest BCUT2D eigenvalue weighted by molar-refractivity contribution is 7.34. The Labute approximate surface area is 123 Å². The Balaban J connectivity index is 2.30. The first kappa shape index (κ1) is 15.1. The van der Waals surface area contributed by atoms with E-state index in [1.54, 1.807) is 18.2 Å². The maximum absolute atomic E-state index is 11.2. The van der Waals surface area contributed by atoms with Crippen LogP contribution in [0.2, 0.25) is 0 Å². The number of benzene rings is 2. The first-order valence-electron chi connectivity index (χ1n) is 6.47. The summed E-state index contributed by atoms with van der Waals surface area (Å²) < 4.78 is 16.7. The average molecular weight is 303 g/mol. The number of ether oxygens (including phenoxy) is 1. The van der Waals surface area contributed by atoms with Gasteiger partial charge in [0.05, 0.1) is 16.8 Å². The molecule has 0 N–H and O–H groups in total. The van der Waals surface area contributed by atoms with E-state index in [4.69, 9.17) is 4.74 Å². The molecule has 2 aromatic carbocycles. The second-order valence-electron chi connectivity index (χ2n) is 4.39. The molecule has 6 heteroatoms. The van der Waals surface area contributed by atoms with Crippen LogP contribution in [-0.2, 0) is 11.0 Å². The van der Waals surface area contributed by atoms with Gasteiger partial charge in [-0.15, -0.1) is 0 Å². The number of nitrogens with zero attached hydrogens (tertiary/aromatic N) is 1. The van der Waals surface area contributed by atoms with E-state index < -0.39 is 4.92 Å². The molecule has 0 saturated carbocycles. The minimum atomic E-state index is -0.424. The second-order valence-corrected chi connectivity index (χ2v) is 5.05. The van der Waals surface area contributed by atoms with Crippen molar-refractivity contribution in [1.82, 2.24) is 0 Å². The van der Waals surface area contributed by atoms with Crippen molar-refractivity contribution in [3.63, 3.8) is 0 Å². The van der Waals surface area contributed by atoms with Gasteiger partial charge in [-0.1, -0.05) is 24.3 Å². The minimum Gasteiger partial charge on any atom is -0.492 e. The van der Waals surface area contributed by atoms with Gasteiger partial charge >= 0.3 is 0 Å². The lowest BCUT2D eigenvalue weighted by Crippen LogP contribution is -2.07. The molecule has 0 aliphatic carbocycles. The Bertz CT molecular complexity index is 655. The summed E-state index contributed by atoms with van der Waals surface area (Å²) in [5.74, 6) is 0.620. The Morgan fingerprint density at radius 1 is 1.19 bits per heavy atom. The van der Waals surface area contributed by atoms with Crippen LogP contribution in [0, 0.1) is 10.1 Å². The SMILES string of the molecule is CCOc1c(Cc2ccc([N+](=O)[O-])cc2)cccc1P=O. The number of para-hydroxylation sites is 1. The summed E-state index contributed by atoms with van der Waals surface area (Å²) in [4.78, 5) is 10.2. The molecular weight excluding hydrogens is 289 g/mol. The van der Waals surface area contributed by atoms with Gasteiger partial charge in [0.25, 0.3) is 5.69 Å². The van der Waals surface area contributed by atoms with Crippen LogP contribution >= 0.6 is 8.46 Å². The maximum atomic E-state index is 11.2. The molecule has 0 amide bonds. The van der Waals surface area contributed by atoms with Crippen LogP contribution in [0.4, 0.5) is 5.69 Å². The molecule has 2 aromatic rings. The Morgan fingerprint density at radius 3 is 2.48 bits per heavy atom. The molecular formula is C15H14NO4P. The van der Waals surface area contributed by atoms with Gasteiger partial charge in [-0.2, -0.15) is 0 Å². The Morgan fingerprint density at radius 2 is 1.90 bits per heavy atom. The topological polar surface area (TPSA) is 69.4 Å². The van der Waals surface area contributed by atoms with Gasteiger partial charge in [-0.05, 0) is 24.1 Å². The lowest BCUT2D eigenvalue weighted by Gasteiger charge is -2.11. The van der Waals surface area contributed by atoms with Crippen LogP contribution in [0.1, 0.15) is 18.1 Å². The van der Waals surface area contributed by atoms with Crippen molar-refractivity contribution in [1.29, 1.82) is 0 Å². The summed E-state index contributed by atoms with van der Waals surface area (Å²) in [6.45, 7) is 2.36. The molecule has 0 fully saturated rings. The van der Waals surface area contributed by atoms with Crippen LogP contribution in [0.25, 0.3) is 0 Å². The van der Waals surface area contributed by atoms with Crippen molar-refractivity contribution in [2.75, 3.05) is 6.61 Å². The fourth-order valence-corrected chi connectivity index (χ4v) is 2.49. The average Bonchev–Trinajstić information content (AvgIpc) is 2.49. The molecule has 0 saturated heterocycles. The molecule has 0 unspecified atom stereocenters. The molecule has 0 bridgehead atoms. The number of nitro benzene ring substituents is 1. The quantitative estimate of drug-likeness (QED) is 0.465. The van der Waals surface area contributed by atoms with E-state index in [9.17, 15) is 14.7 Å². The summed E-state index contributed by atoms with van der Waals surface area (Å²) >= 11 is 0. The largest absolute Gasteiger partial charge is 0.492 e. The smallest absolute Gasteiger partial charge is 0.269 e. The Kier molecular flexibility index (Phi) is 5.01. The fourth-order valence-electron chi connectivity index (χ4n) is 2.05. The minimum absolute atomic E-state index is 0.0654.